The Bertz CT molecular complexity index is 1040. The van der Waals surface area contributed by atoms with Gasteiger partial charge in [-0.2, -0.15) is 5.10 Å². The molecule has 0 saturated heterocycles. The SMILES string of the molecule is COc1cc(CNC(=O)c2nn(-c3ccc(F)cc3)c3c2CCCC3)cc(OC)c1. The van der Waals surface area contributed by atoms with Crippen molar-refractivity contribution in [1.82, 2.24) is 15.1 Å². The molecule has 156 valence electrons. The molecule has 1 N–H and O–H groups in total. The van der Waals surface area contributed by atoms with Crippen molar-refractivity contribution in [2.45, 2.75) is 32.2 Å². The molecule has 6 nitrogen and oxygen atoms in total. The summed E-state index contributed by atoms with van der Waals surface area (Å²) in [6.45, 7) is 0.324. The van der Waals surface area contributed by atoms with Gasteiger partial charge < -0.3 is 14.8 Å². The minimum absolute atomic E-state index is 0.226. The van der Waals surface area contributed by atoms with Gasteiger partial charge in [0, 0.05) is 23.9 Å². The molecule has 1 aliphatic rings. The van der Waals surface area contributed by atoms with E-state index in [9.17, 15) is 9.18 Å². The number of hydrogen-bond donors (Lipinski definition) is 1. The first-order valence-electron chi connectivity index (χ1n) is 9.96. The van der Waals surface area contributed by atoms with Gasteiger partial charge in [0.05, 0.1) is 19.9 Å². The molecule has 0 fully saturated rings. The molecule has 1 aromatic heterocycles. The van der Waals surface area contributed by atoms with Gasteiger partial charge in [-0.1, -0.05) is 0 Å². The van der Waals surface area contributed by atoms with Crippen molar-refractivity contribution >= 4 is 5.91 Å². The Kier molecular flexibility index (Phi) is 5.70. The molecule has 4 rings (SSSR count). The van der Waals surface area contributed by atoms with E-state index in [2.05, 4.69) is 10.4 Å². The number of nitrogens with zero attached hydrogens (tertiary/aromatic N) is 2. The fourth-order valence-corrected chi connectivity index (χ4v) is 3.81. The van der Waals surface area contributed by atoms with Gasteiger partial charge >= 0.3 is 0 Å². The van der Waals surface area contributed by atoms with Gasteiger partial charge in [-0.05, 0) is 67.6 Å². The second-order valence-corrected chi connectivity index (χ2v) is 7.27. The first kappa shape index (κ1) is 19.9. The van der Waals surface area contributed by atoms with Gasteiger partial charge in [0.25, 0.3) is 5.91 Å². The monoisotopic (exact) mass is 409 g/mol. The van der Waals surface area contributed by atoms with Crippen LogP contribution in [0.4, 0.5) is 4.39 Å². The molecular weight excluding hydrogens is 385 g/mol. The van der Waals surface area contributed by atoms with E-state index >= 15 is 0 Å². The maximum absolute atomic E-state index is 13.3. The van der Waals surface area contributed by atoms with Crippen LogP contribution in [0, 0.1) is 5.82 Å². The summed E-state index contributed by atoms with van der Waals surface area (Å²) in [7, 11) is 3.18. The smallest absolute Gasteiger partial charge is 0.272 e. The second kappa shape index (κ2) is 8.57. The van der Waals surface area contributed by atoms with E-state index in [0.717, 1.165) is 48.2 Å². The van der Waals surface area contributed by atoms with Crippen LogP contribution in [0.1, 0.15) is 40.2 Å². The Morgan fingerprint density at radius 3 is 2.40 bits per heavy atom. The van der Waals surface area contributed by atoms with Crippen LogP contribution >= 0.6 is 0 Å². The van der Waals surface area contributed by atoms with E-state index in [0.29, 0.717) is 23.7 Å². The summed E-state index contributed by atoms with van der Waals surface area (Å²) in [4.78, 5) is 13.0. The summed E-state index contributed by atoms with van der Waals surface area (Å²) in [5.41, 5.74) is 4.06. The van der Waals surface area contributed by atoms with Gasteiger partial charge in [-0.25, -0.2) is 9.07 Å². The Morgan fingerprint density at radius 2 is 1.73 bits per heavy atom. The number of aromatic nitrogens is 2. The van der Waals surface area contributed by atoms with Gasteiger partial charge in [0.1, 0.15) is 17.3 Å². The highest BCUT2D eigenvalue weighted by atomic mass is 19.1. The summed E-state index contributed by atoms with van der Waals surface area (Å²) >= 11 is 0. The first-order chi connectivity index (χ1) is 14.6. The second-order valence-electron chi connectivity index (χ2n) is 7.27. The maximum atomic E-state index is 13.3. The molecule has 0 bridgehead atoms. The minimum atomic E-state index is -0.300. The van der Waals surface area contributed by atoms with Crippen molar-refractivity contribution in [3.8, 4) is 17.2 Å². The molecule has 1 heterocycles. The highest BCUT2D eigenvalue weighted by Gasteiger charge is 2.25. The lowest BCUT2D eigenvalue weighted by atomic mass is 9.95. The van der Waals surface area contributed by atoms with E-state index in [-0.39, 0.29) is 11.7 Å². The zero-order chi connectivity index (χ0) is 21.1. The van der Waals surface area contributed by atoms with Crippen LogP contribution in [0.3, 0.4) is 0 Å². The molecule has 30 heavy (non-hydrogen) atoms. The predicted molar refractivity (Wildman–Crippen MR) is 111 cm³/mol. The molecular formula is C23H24FN3O3. The third-order valence-corrected chi connectivity index (χ3v) is 5.33. The largest absolute Gasteiger partial charge is 0.497 e. The van der Waals surface area contributed by atoms with Crippen molar-refractivity contribution in [2.75, 3.05) is 14.2 Å². The van der Waals surface area contributed by atoms with Crippen LogP contribution in [-0.2, 0) is 19.4 Å². The topological polar surface area (TPSA) is 65.4 Å². The number of ether oxygens (including phenoxy) is 2. The number of nitrogens with one attached hydrogen (secondary N) is 1. The predicted octanol–water partition coefficient (Wildman–Crippen LogP) is 3.84. The highest BCUT2D eigenvalue weighted by molar-refractivity contribution is 5.94. The number of amides is 1. The Morgan fingerprint density at radius 1 is 1.07 bits per heavy atom. The standard InChI is InChI=1S/C23H24FN3O3/c1-29-18-11-15(12-19(13-18)30-2)14-25-23(28)22-20-5-3-4-6-21(20)27(26-22)17-9-7-16(24)8-10-17/h7-13H,3-6,14H2,1-2H3,(H,25,28). The van der Waals surface area contributed by atoms with Crippen molar-refractivity contribution < 1.29 is 18.7 Å². The molecule has 3 aromatic rings. The van der Waals surface area contributed by atoms with E-state index in [4.69, 9.17) is 9.47 Å². The van der Waals surface area contributed by atoms with Crippen LogP contribution in [0.5, 0.6) is 11.5 Å². The van der Waals surface area contributed by atoms with Gasteiger partial charge in [-0.15, -0.1) is 0 Å². The van der Waals surface area contributed by atoms with Gasteiger partial charge in [0.15, 0.2) is 5.69 Å². The van der Waals surface area contributed by atoms with Crippen LogP contribution in [0.15, 0.2) is 42.5 Å². The normalized spacial score (nSPS) is 12.9. The number of carbonyl (C=O) groups is 1. The number of fused-ring (bicyclic) bond motifs is 1. The molecule has 1 aliphatic carbocycles. The van der Waals surface area contributed by atoms with Crippen molar-refractivity contribution in [2.24, 2.45) is 0 Å². The molecule has 0 spiro atoms. The molecule has 0 aliphatic heterocycles. The Balaban J connectivity index is 1.59. The van der Waals surface area contributed by atoms with Crippen LogP contribution in [0.25, 0.3) is 5.69 Å². The number of methoxy groups -OCH3 is 2. The lowest BCUT2D eigenvalue weighted by molar-refractivity contribution is 0.0944. The van der Waals surface area contributed by atoms with E-state index in [1.54, 1.807) is 37.1 Å². The van der Waals surface area contributed by atoms with E-state index < -0.39 is 0 Å². The van der Waals surface area contributed by atoms with E-state index in [1.165, 1.54) is 12.1 Å². The molecule has 0 unspecified atom stereocenters. The van der Waals surface area contributed by atoms with Gasteiger partial charge in [-0.3, -0.25) is 4.79 Å². The molecule has 0 saturated carbocycles. The van der Waals surface area contributed by atoms with E-state index in [1.807, 2.05) is 12.1 Å². The van der Waals surface area contributed by atoms with Crippen molar-refractivity contribution in [3.05, 3.63) is 70.8 Å². The summed E-state index contributed by atoms with van der Waals surface area (Å²) in [6, 6.07) is 11.7. The highest BCUT2D eigenvalue weighted by Crippen LogP contribution is 2.27. The average Bonchev–Trinajstić information content (AvgIpc) is 3.17. The molecule has 2 aromatic carbocycles. The average molecular weight is 409 g/mol. The van der Waals surface area contributed by atoms with Crippen LogP contribution < -0.4 is 14.8 Å². The number of benzene rings is 2. The van der Waals surface area contributed by atoms with Crippen LogP contribution in [0.2, 0.25) is 0 Å². The zero-order valence-corrected chi connectivity index (χ0v) is 17.1. The summed E-state index contributed by atoms with van der Waals surface area (Å²) in [5, 5.41) is 7.56. The summed E-state index contributed by atoms with van der Waals surface area (Å²) < 4.78 is 25.7. The number of hydrogen-bond acceptors (Lipinski definition) is 4. The minimum Gasteiger partial charge on any atom is -0.497 e. The molecule has 1 amide bonds. The Labute approximate surface area is 174 Å². The summed E-state index contributed by atoms with van der Waals surface area (Å²) in [5.74, 6) is 0.801. The molecule has 0 radical (unpaired) electrons. The van der Waals surface area contributed by atoms with Crippen molar-refractivity contribution in [3.63, 3.8) is 0 Å². The lowest BCUT2D eigenvalue weighted by Gasteiger charge is -2.14. The Hall–Kier alpha value is -3.35. The third kappa shape index (κ3) is 4.01. The number of halogens is 1. The zero-order valence-electron chi connectivity index (χ0n) is 17.1. The van der Waals surface area contributed by atoms with Gasteiger partial charge in [0.2, 0.25) is 0 Å². The molecule has 0 atom stereocenters. The quantitative estimate of drug-likeness (QED) is 0.672. The number of rotatable bonds is 6. The van der Waals surface area contributed by atoms with Crippen molar-refractivity contribution in [1.29, 1.82) is 0 Å². The summed E-state index contributed by atoms with van der Waals surface area (Å²) in [6.07, 6.45) is 3.73. The van der Waals surface area contributed by atoms with Crippen LogP contribution in [-0.4, -0.2) is 29.9 Å². The fraction of sp³-hybridized carbons (Fsp3) is 0.304. The number of carbonyl (C=O) groups excluding carboxylic acids is 1. The maximum Gasteiger partial charge on any atom is 0.272 e. The first-order valence-corrected chi connectivity index (χ1v) is 9.96. The molecule has 7 heteroatoms. The third-order valence-electron chi connectivity index (χ3n) is 5.33. The fourth-order valence-electron chi connectivity index (χ4n) is 3.81. The lowest BCUT2D eigenvalue weighted by Crippen LogP contribution is -2.24.